The van der Waals surface area contributed by atoms with Crippen LogP contribution in [0.3, 0.4) is 0 Å². The minimum absolute atomic E-state index is 0.349. The Bertz CT molecular complexity index is 428. The molecule has 18 heavy (non-hydrogen) atoms. The van der Waals surface area contributed by atoms with Crippen molar-refractivity contribution in [2.75, 3.05) is 13.1 Å². The summed E-state index contributed by atoms with van der Waals surface area (Å²) in [7, 11) is 0. The Morgan fingerprint density at radius 2 is 2.06 bits per heavy atom. The van der Waals surface area contributed by atoms with Gasteiger partial charge in [-0.1, -0.05) is 37.1 Å². The first-order valence-electron chi connectivity index (χ1n) is 7.15. The second kappa shape index (κ2) is 4.54. The molecule has 0 aromatic heterocycles. The third-order valence-corrected chi connectivity index (χ3v) is 5.23. The van der Waals surface area contributed by atoms with E-state index >= 15 is 0 Å². The van der Waals surface area contributed by atoms with Crippen molar-refractivity contribution in [1.29, 1.82) is 0 Å². The SMILES string of the molecule is CCNCC1(c2cccc(Cl)c2)CC2(CCC2)C1. The highest BCUT2D eigenvalue weighted by atomic mass is 35.5. The predicted molar refractivity (Wildman–Crippen MR) is 77.2 cm³/mol. The van der Waals surface area contributed by atoms with Gasteiger partial charge in [0.15, 0.2) is 0 Å². The minimum Gasteiger partial charge on any atom is -0.316 e. The second-order valence-electron chi connectivity index (χ2n) is 6.28. The van der Waals surface area contributed by atoms with Crippen molar-refractivity contribution in [3.05, 3.63) is 34.9 Å². The maximum absolute atomic E-state index is 6.16. The molecule has 1 N–H and O–H groups in total. The van der Waals surface area contributed by atoms with Crippen LogP contribution in [0, 0.1) is 5.41 Å². The topological polar surface area (TPSA) is 12.0 Å². The van der Waals surface area contributed by atoms with E-state index in [4.69, 9.17) is 11.6 Å². The van der Waals surface area contributed by atoms with Crippen LogP contribution in [0.5, 0.6) is 0 Å². The summed E-state index contributed by atoms with van der Waals surface area (Å²) in [4.78, 5) is 0. The van der Waals surface area contributed by atoms with E-state index in [1.807, 2.05) is 6.07 Å². The van der Waals surface area contributed by atoms with Crippen LogP contribution in [-0.4, -0.2) is 13.1 Å². The normalized spacial score (nSPS) is 23.4. The molecule has 0 atom stereocenters. The van der Waals surface area contributed by atoms with Gasteiger partial charge >= 0.3 is 0 Å². The van der Waals surface area contributed by atoms with Gasteiger partial charge in [0.1, 0.15) is 0 Å². The maximum Gasteiger partial charge on any atom is 0.0408 e. The highest BCUT2D eigenvalue weighted by Crippen LogP contribution is 2.64. The molecule has 0 aliphatic heterocycles. The van der Waals surface area contributed by atoms with Crippen molar-refractivity contribution < 1.29 is 0 Å². The molecule has 0 saturated heterocycles. The summed E-state index contributed by atoms with van der Waals surface area (Å²) >= 11 is 6.16. The average Bonchev–Trinajstić information content (AvgIpc) is 2.26. The first kappa shape index (κ1) is 12.5. The van der Waals surface area contributed by atoms with Crippen LogP contribution in [0.1, 0.15) is 44.6 Å². The average molecular weight is 264 g/mol. The fourth-order valence-corrected chi connectivity index (χ4v) is 4.22. The molecular formula is C16H22ClN. The number of benzene rings is 1. The zero-order valence-corrected chi connectivity index (χ0v) is 11.9. The van der Waals surface area contributed by atoms with Crippen LogP contribution in [0.4, 0.5) is 0 Å². The number of halogens is 1. The van der Waals surface area contributed by atoms with Crippen molar-refractivity contribution in [3.63, 3.8) is 0 Å². The van der Waals surface area contributed by atoms with Gasteiger partial charge in [0.2, 0.25) is 0 Å². The molecule has 1 spiro atoms. The largest absolute Gasteiger partial charge is 0.316 e. The van der Waals surface area contributed by atoms with E-state index in [0.717, 1.165) is 18.1 Å². The van der Waals surface area contributed by atoms with Gasteiger partial charge in [-0.2, -0.15) is 0 Å². The van der Waals surface area contributed by atoms with Crippen LogP contribution >= 0.6 is 11.6 Å². The zero-order valence-electron chi connectivity index (χ0n) is 11.1. The summed E-state index contributed by atoms with van der Waals surface area (Å²) in [5.74, 6) is 0. The van der Waals surface area contributed by atoms with Crippen molar-refractivity contribution in [2.24, 2.45) is 5.41 Å². The van der Waals surface area contributed by atoms with Gasteiger partial charge in [0.05, 0.1) is 0 Å². The Balaban J connectivity index is 1.82. The number of rotatable bonds is 4. The fraction of sp³-hybridized carbons (Fsp3) is 0.625. The van der Waals surface area contributed by atoms with E-state index in [1.165, 1.54) is 37.7 Å². The molecule has 1 nitrogen and oxygen atoms in total. The molecule has 2 heteroatoms. The van der Waals surface area contributed by atoms with Crippen LogP contribution in [0.25, 0.3) is 0 Å². The number of nitrogens with one attached hydrogen (secondary N) is 1. The first-order valence-corrected chi connectivity index (χ1v) is 7.53. The number of hydrogen-bond donors (Lipinski definition) is 1. The molecule has 0 bridgehead atoms. The van der Waals surface area contributed by atoms with Gasteiger partial charge in [0.25, 0.3) is 0 Å². The Morgan fingerprint density at radius 3 is 2.61 bits per heavy atom. The third kappa shape index (κ3) is 1.98. The van der Waals surface area contributed by atoms with E-state index in [2.05, 4.69) is 30.4 Å². The van der Waals surface area contributed by atoms with Crippen LogP contribution < -0.4 is 5.32 Å². The first-order chi connectivity index (χ1) is 8.68. The molecule has 98 valence electrons. The standard InChI is InChI=1S/C16H22ClN/c1-2-18-12-16(10-15(11-16)7-4-8-15)13-5-3-6-14(17)9-13/h3,5-6,9,18H,2,4,7-8,10-12H2,1H3. The molecule has 0 heterocycles. The van der Waals surface area contributed by atoms with Gasteiger partial charge in [-0.05, 0) is 55.3 Å². The summed E-state index contributed by atoms with van der Waals surface area (Å²) in [6, 6.07) is 8.50. The lowest BCUT2D eigenvalue weighted by Crippen LogP contribution is -2.57. The molecule has 1 aromatic carbocycles. The number of hydrogen-bond acceptors (Lipinski definition) is 1. The van der Waals surface area contributed by atoms with Crippen LogP contribution in [0.2, 0.25) is 5.02 Å². The van der Waals surface area contributed by atoms with E-state index in [1.54, 1.807) is 0 Å². The van der Waals surface area contributed by atoms with Crippen molar-refractivity contribution >= 4 is 11.6 Å². The molecule has 0 radical (unpaired) electrons. The van der Waals surface area contributed by atoms with Gasteiger partial charge in [-0.3, -0.25) is 0 Å². The van der Waals surface area contributed by atoms with Gasteiger partial charge in [-0.15, -0.1) is 0 Å². The lowest BCUT2D eigenvalue weighted by atomic mass is 9.43. The van der Waals surface area contributed by atoms with Crippen molar-refractivity contribution in [1.82, 2.24) is 5.32 Å². The number of likely N-dealkylation sites (N-methyl/N-ethyl adjacent to an activating group) is 1. The molecule has 1 aromatic rings. The third-order valence-electron chi connectivity index (χ3n) is 4.99. The molecule has 2 aliphatic rings. The zero-order chi connectivity index (χ0) is 12.6. The van der Waals surface area contributed by atoms with Crippen molar-refractivity contribution in [3.8, 4) is 0 Å². The predicted octanol–water partition coefficient (Wildman–Crippen LogP) is 4.15. The second-order valence-corrected chi connectivity index (χ2v) is 6.71. The maximum atomic E-state index is 6.16. The lowest BCUT2D eigenvalue weighted by molar-refractivity contribution is -0.0480. The van der Waals surface area contributed by atoms with Crippen molar-refractivity contribution in [2.45, 2.75) is 44.4 Å². The molecular weight excluding hydrogens is 242 g/mol. The van der Waals surface area contributed by atoms with E-state index in [0.29, 0.717) is 10.8 Å². The van der Waals surface area contributed by atoms with Gasteiger partial charge in [0, 0.05) is 17.0 Å². The Morgan fingerprint density at radius 1 is 1.28 bits per heavy atom. The summed E-state index contributed by atoms with van der Waals surface area (Å²) in [5.41, 5.74) is 2.48. The Hall–Kier alpha value is -0.530. The highest BCUT2D eigenvalue weighted by molar-refractivity contribution is 6.30. The summed E-state index contributed by atoms with van der Waals surface area (Å²) in [5, 5.41) is 4.42. The molecule has 0 amide bonds. The Kier molecular flexibility index (Phi) is 3.15. The lowest BCUT2D eigenvalue weighted by Gasteiger charge is -2.61. The summed E-state index contributed by atoms with van der Waals surface area (Å²) < 4.78 is 0. The molecule has 2 fully saturated rings. The quantitative estimate of drug-likeness (QED) is 0.861. The monoisotopic (exact) mass is 263 g/mol. The summed E-state index contributed by atoms with van der Waals surface area (Å²) in [6.07, 6.45) is 7.04. The molecule has 3 rings (SSSR count). The molecule has 2 aliphatic carbocycles. The smallest absolute Gasteiger partial charge is 0.0408 e. The van der Waals surface area contributed by atoms with E-state index < -0.39 is 0 Å². The van der Waals surface area contributed by atoms with Gasteiger partial charge < -0.3 is 5.32 Å². The molecule has 2 saturated carbocycles. The van der Waals surface area contributed by atoms with Crippen LogP contribution in [-0.2, 0) is 5.41 Å². The minimum atomic E-state index is 0.349. The fourth-order valence-electron chi connectivity index (χ4n) is 4.03. The summed E-state index contributed by atoms with van der Waals surface area (Å²) in [6.45, 7) is 4.34. The molecule has 0 unspecified atom stereocenters. The van der Waals surface area contributed by atoms with E-state index in [9.17, 15) is 0 Å². The highest BCUT2D eigenvalue weighted by Gasteiger charge is 2.57. The van der Waals surface area contributed by atoms with Crippen LogP contribution in [0.15, 0.2) is 24.3 Å². The van der Waals surface area contributed by atoms with E-state index in [-0.39, 0.29) is 0 Å². The van der Waals surface area contributed by atoms with Gasteiger partial charge in [-0.25, -0.2) is 0 Å². The Labute approximate surface area is 115 Å².